The molecule has 3 aliphatic heterocycles. The SMILES string of the molecule is CCOc1ccc(N2C[C@@H](C(=O)N3CCN(C(=O)[C@H]4CC(=O)N(c5ccc(OCC)cc5)C4)CC3)CC2=O)cc1. The van der Waals surface area contributed by atoms with E-state index in [1.807, 2.05) is 62.4 Å². The summed E-state index contributed by atoms with van der Waals surface area (Å²) in [4.78, 5) is 58.8. The van der Waals surface area contributed by atoms with E-state index in [-0.39, 0.29) is 36.5 Å². The van der Waals surface area contributed by atoms with E-state index in [0.717, 1.165) is 22.9 Å². The molecule has 0 radical (unpaired) electrons. The second-order valence-electron chi connectivity index (χ2n) is 10.3. The van der Waals surface area contributed by atoms with Crippen molar-refractivity contribution >= 4 is 35.0 Å². The van der Waals surface area contributed by atoms with Gasteiger partial charge in [0.25, 0.3) is 0 Å². The minimum Gasteiger partial charge on any atom is -0.494 e. The highest BCUT2D eigenvalue weighted by molar-refractivity contribution is 6.01. The van der Waals surface area contributed by atoms with Crippen LogP contribution in [0, 0.1) is 11.8 Å². The molecule has 3 aliphatic rings. The first-order valence-electron chi connectivity index (χ1n) is 14.0. The van der Waals surface area contributed by atoms with Crippen molar-refractivity contribution < 1.29 is 28.7 Å². The second kappa shape index (κ2) is 12.0. The van der Waals surface area contributed by atoms with Gasteiger partial charge in [-0.1, -0.05) is 0 Å². The zero-order valence-corrected chi connectivity index (χ0v) is 23.1. The Kier molecular flexibility index (Phi) is 8.23. The van der Waals surface area contributed by atoms with Gasteiger partial charge in [-0.05, 0) is 62.4 Å². The van der Waals surface area contributed by atoms with E-state index >= 15 is 0 Å². The first-order valence-corrected chi connectivity index (χ1v) is 14.0. The lowest BCUT2D eigenvalue weighted by Crippen LogP contribution is -2.53. The summed E-state index contributed by atoms with van der Waals surface area (Å²) in [5.41, 5.74) is 1.51. The summed E-state index contributed by atoms with van der Waals surface area (Å²) in [6.45, 7) is 7.32. The van der Waals surface area contributed by atoms with Crippen molar-refractivity contribution in [3.05, 3.63) is 48.5 Å². The van der Waals surface area contributed by atoms with Crippen LogP contribution in [0.2, 0.25) is 0 Å². The van der Waals surface area contributed by atoms with Gasteiger partial charge in [0.2, 0.25) is 23.6 Å². The number of hydrogen-bond donors (Lipinski definition) is 0. The fourth-order valence-electron chi connectivity index (χ4n) is 5.69. The van der Waals surface area contributed by atoms with Gasteiger partial charge in [-0.25, -0.2) is 0 Å². The number of benzene rings is 2. The number of amides is 4. The van der Waals surface area contributed by atoms with Gasteiger partial charge < -0.3 is 29.1 Å². The lowest BCUT2D eigenvalue weighted by molar-refractivity contribution is -0.143. The minimum absolute atomic E-state index is 0.0494. The van der Waals surface area contributed by atoms with E-state index in [1.54, 1.807) is 19.6 Å². The molecule has 0 N–H and O–H groups in total. The normalized spacial score (nSPS) is 21.2. The highest BCUT2D eigenvalue weighted by atomic mass is 16.5. The molecule has 0 aliphatic carbocycles. The van der Waals surface area contributed by atoms with Crippen LogP contribution in [-0.4, -0.2) is 85.9 Å². The molecule has 2 aromatic rings. The predicted octanol–water partition coefficient (Wildman–Crippen LogP) is 2.56. The first kappa shape index (κ1) is 27.5. The molecular formula is C30H36N4O6. The maximum absolute atomic E-state index is 13.3. The number of carbonyl (C=O) groups is 4. The third kappa shape index (κ3) is 5.76. The third-order valence-corrected chi connectivity index (χ3v) is 7.77. The maximum Gasteiger partial charge on any atom is 0.228 e. The number of anilines is 2. The van der Waals surface area contributed by atoms with Crippen LogP contribution in [0.25, 0.3) is 0 Å². The van der Waals surface area contributed by atoms with Crippen molar-refractivity contribution in [2.24, 2.45) is 11.8 Å². The Morgan fingerprint density at radius 3 is 1.32 bits per heavy atom. The summed E-state index contributed by atoms with van der Waals surface area (Å²) >= 11 is 0. The molecule has 0 spiro atoms. The Balaban J connectivity index is 1.12. The van der Waals surface area contributed by atoms with Crippen molar-refractivity contribution in [3.63, 3.8) is 0 Å². The summed E-state index contributed by atoms with van der Waals surface area (Å²) < 4.78 is 10.9. The lowest BCUT2D eigenvalue weighted by Gasteiger charge is -2.36. The van der Waals surface area contributed by atoms with E-state index in [0.29, 0.717) is 52.5 Å². The maximum atomic E-state index is 13.3. The van der Waals surface area contributed by atoms with E-state index in [4.69, 9.17) is 9.47 Å². The first-order chi connectivity index (χ1) is 19.4. The van der Waals surface area contributed by atoms with E-state index in [2.05, 4.69) is 0 Å². The van der Waals surface area contributed by atoms with Crippen molar-refractivity contribution in [2.45, 2.75) is 26.7 Å². The van der Waals surface area contributed by atoms with Crippen molar-refractivity contribution in [3.8, 4) is 11.5 Å². The van der Waals surface area contributed by atoms with Crippen LogP contribution in [0.4, 0.5) is 11.4 Å². The van der Waals surface area contributed by atoms with Gasteiger partial charge in [-0.2, -0.15) is 0 Å². The fourth-order valence-corrected chi connectivity index (χ4v) is 5.69. The molecule has 4 amide bonds. The molecule has 10 nitrogen and oxygen atoms in total. The molecule has 10 heteroatoms. The Labute approximate surface area is 234 Å². The average Bonchev–Trinajstić information content (AvgIpc) is 3.56. The Morgan fingerprint density at radius 2 is 1.00 bits per heavy atom. The molecule has 0 aromatic heterocycles. The summed E-state index contributed by atoms with van der Waals surface area (Å²) in [5, 5.41) is 0. The number of rotatable bonds is 8. The van der Waals surface area contributed by atoms with Gasteiger partial charge in [-0.15, -0.1) is 0 Å². The number of carbonyl (C=O) groups excluding carboxylic acids is 4. The van der Waals surface area contributed by atoms with E-state index in [9.17, 15) is 19.2 Å². The quantitative estimate of drug-likeness (QED) is 0.503. The highest BCUT2D eigenvalue weighted by Gasteiger charge is 2.40. The topological polar surface area (TPSA) is 99.7 Å². The number of hydrogen-bond acceptors (Lipinski definition) is 6. The Hall–Kier alpha value is -4.08. The molecule has 0 bridgehead atoms. The molecule has 2 aromatic carbocycles. The Morgan fingerprint density at radius 1 is 0.650 bits per heavy atom. The fraction of sp³-hybridized carbons (Fsp3) is 0.467. The zero-order chi connectivity index (χ0) is 28.2. The smallest absolute Gasteiger partial charge is 0.228 e. The summed E-state index contributed by atoms with van der Waals surface area (Å²) in [6.07, 6.45) is 0.355. The molecule has 5 rings (SSSR count). The predicted molar refractivity (Wildman–Crippen MR) is 149 cm³/mol. The van der Waals surface area contributed by atoms with Crippen LogP contribution in [0.15, 0.2) is 48.5 Å². The molecule has 40 heavy (non-hydrogen) atoms. The molecule has 3 heterocycles. The van der Waals surface area contributed by atoms with Gasteiger partial charge in [0.05, 0.1) is 25.0 Å². The van der Waals surface area contributed by atoms with Crippen molar-refractivity contribution in [1.82, 2.24) is 9.80 Å². The number of ether oxygens (including phenoxy) is 2. The van der Waals surface area contributed by atoms with E-state index in [1.165, 1.54) is 0 Å². The monoisotopic (exact) mass is 548 g/mol. The van der Waals surface area contributed by atoms with Gasteiger partial charge in [0.15, 0.2) is 0 Å². The zero-order valence-electron chi connectivity index (χ0n) is 23.1. The van der Waals surface area contributed by atoms with Crippen LogP contribution in [0.5, 0.6) is 11.5 Å². The van der Waals surface area contributed by atoms with E-state index < -0.39 is 11.8 Å². The molecular weight excluding hydrogens is 512 g/mol. The highest BCUT2D eigenvalue weighted by Crippen LogP contribution is 2.30. The largest absolute Gasteiger partial charge is 0.494 e. The van der Waals surface area contributed by atoms with Crippen LogP contribution < -0.4 is 19.3 Å². The summed E-state index contributed by atoms with van der Waals surface area (Å²) in [5.74, 6) is 0.428. The molecule has 3 saturated heterocycles. The number of piperazine rings is 1. The molecule has 2 atom stereocenters. The average molecular weight is 549 g/mol. The van der Waals surface area contributed by atoms with Gasteiger partial charge in [-0.3, -0.25) is 19.2 Å². The molecule has 3 fully saturated rings. The lowest BCUT2D eigenvalue weighted by atomic mass is 10.0. The van der Waals surface area contributed by atoms with Crippen molar-refractivity contribution in [1.29, 1.82) is 0 Å². The van der Waals surface area contributed by atoms with Gasteiger partial charge >= 0.3 is 0 Å². The third-order valence-electron chi connectivity index (χ3n) is 7.77. The summed E-state index contributed by atoms with van der Waals surface area (Å²) in [7, 11) is 0. The van der Waals surface area contributed by atoms with Crippen LogP contribution in [0.1, 0.15) is 26.7 Å². The molecule has 0 saturated carbocycles. The second-order valence-corrected chi connectivity index (χ2v) is 10.3. The Bertz CT molecular complexity index is 1140. The minimum atomic E-state index is -0.406. The standard InChI is InChI=1S/C30H36N4O6/c1-3-39-25-9-5-23(6-10-25)33-19-21(17-27(33)35)29(37)31-13-15-32(16-14-31)30(38)22-18-28(36)34(20-22)24-7-11-26(12-8-24)40-4-2/h5-12,21-22H,3-4,13-20H2,1-2H3/t21-,22-/m0/s1. The molecule has 0 unspecified atom stereocenters. The van der Waals surface area contributed by atoms with Crippen LogP contribution >= 0.6 is 0 Å². The molecule has 212 valence electrons. The number of nitrogens with zero attached hydrogens (tertiary/aromatic N) is 4. The van der Waals surface area contributed by atoms with Crippen LogP contribution in [-0.2, 0) is 19.2 Å². The van der Waals surface area contributed by atoms with Gasteiger partial charge in [0, 0.05) is 63.5 Å². The van der Waals surface area contributed by atoms with Gasteiger partial charge in [0.1, 0.15) is 11.5 Å². The van der Waals surface area contributed by atoms with Crippen molar-refractivity contribution in [2.75, 3.05) is 62.3 Å². The summed E-state index contributed by atoms with van der Waals surface area (Å²) in [6, 6.07) is 14.7. The van der Waals surface area contributed by atoms with Crippen LogP contribution in [0.3, 0.4) is 0 Å².